The summed E-state index contributed by atoms with van der Waals surface area (Å²) in [7, 11) is 0. The molecule has 1 heterocycles. The van der Waals surface area contributed by atoms with Crippen molar-refractivity contribution in [3.63, 3.8) is 0 Å². The highest BCUT2D eigenvalue weighted by atomic mass is 19.4. The number of hydrogen-bond donors (Lipinski definition) is 1. The molecule has 1 aromatic rings. The van der Waals surface area contributed by atoms with E-state index in [1.165, 1.54) is 24.3 Å². The maximum absolute atomic E-state index is 12.8. The Labute approximate surface area is 137 Å². The quantitative estimate of drug-likeness (QED) is 0.899. The summed E-state index contributed by atoms with van der Waals surface area (Å²) in [5, 5.41) is 9.25. The minimum Gasteiger partial charge on any atom is -0.379 e. The van der Waals surface area contributed by atoms with E-state index in [-0.39, 0.29) is 17.3 Å². The number of carbonyl (C=O) groups is 2. The number of amides is 1. The van der Waals surface area contributed by atoms with Crippen LogP contribution in [0.15, 0.2) is 24.3 Å². The van der Waals surface area contributed by atoms with E-state index >= 15 is 0 Å². The van der Waals surface area contributed by atoms with Gasteiger partial charge in [-0.05, 0) is 37.0 Å². The zero-order valence-electron chi connectivity index (χ0n) is 13.0. The van der Waals surface area contributed by atoms with Crippen molar-refractivity contribution >= 4 is 17.4 Å². The number of benzene rings is 1. The highest BCUT2D eigenvalue weighted by Gasteiger charge is 2.48. The van der Waals surface area contributed by atoms with Crippen molar-refractivity contribution in [2.45, 2.75) is 44.4 Å². The largest absolute Gasteiger partial charge is 0.418 e. The SMILES string of the molecule is O=C1CCC2(CC1)CCN(c1ccc([C@@H](O)C(F)(F)F)cc1)C2=O. The normalized spacial score (nSPS) is 22.2. The number of hydrogen-bond acceptors (Lipinski definition) is 3. The Balaban J connectivity index is 1.76. The number of aliphatic hydroxyl groups is 1. The summed E-state index contributed by atoms with van der Waals surface area (Å²) >= 11 is 0. The minimum atomic E-state index is -4.72. The van der Waals surface area contributed by atoms with Crippen LogP contribution < -0.4 is 4.90 Å². The lowest BCUT2D eigenvalue weighted by Crippen LogP contribution is -2.37. The lowest BCUT2D eigenvalue weighted by molar-refractivity contribution is -0.206. The first-order chi connectivity index (χ1) is 11.2. The number of halogens is 3. The summed E-state index contributed by atoms with van der Waals surface area (Å²) in [6, 6.07) is 5.23. The highest BCUT2D eigenvalue weighted by Crippen LogP contribution is 2.45. The molecule has 24 heavy (non-hydrogen) atoms. The molecule has 2 aliphatic rings. The number of ketones is 1. The summed E-state index contributed by atoms with van der Waals surface area (Å²) in [5.41, 5.74) is -0.235. The number of aliphatic hydroxyl groups excluding tert-OH is 1. The van der Waals surface area contributed by atoms with Crippen LogP contribution in [0.4, 0.5) is 18.9 Å². The maximum atomic E-state index is 12.8. The Hall–Kier alpha value is -1.89. The molecule has 0 unspecified atom stereocenters. The first-order valence-corrected chi connectivity index (χ1v) is 7.91. The van der Waals surface area contributed by atoms with Crippen LogP contribution >= 0.6 is 0 Å². The predicted molar refractivity (Wildman–Crippen MR) is 80.3 cm³/mol. The zero-order valence-corrected chi connectivity index (χ0v) is 13.0. The summed E-state index contributed by atoms with van der Waals surface area (Å²) in [6.45, 7) is 0.494. The maximum Gasteiger partial charge on any atom is 0.418 e. The molecule has 1 saturated carbocycles. The fourth-order valence-corrected chi connectivity index (χ4v) is 3.56. The van der Waals surface area contributed by atoms with Gasteiger partial charge in [-0.3, -0.25) is 9.59 Å². The van der Waals surface area contributed by atoms with Gasteiger partial charge in [0, 0.05) is 25.1 Å². The van der Waals surface area contributed by atoms with Crippen molar-refractivity contribution in [1.29, 1.82) is 0 Å². The number of Topliss-reactive ketones (excluding diaryl/α,β-unsaturated/α-hetero) is 1. The van der Waals surface area contributed by atoms with Crippen LogP contribution in [0, 0.1) is 5.41 Å². The molecule has 0 aromatic heterocycles. The zero-order chi connectivity index (χ0) is 17.5. The second-order valence-electron chi connectivity index (χ2n) is 6.56. The van der Waals surface area contributed by atoms with Crippen molar-refractivity contribution < 1.29 is 27.9 Å². The van der Waals surface area contributed by atoms with Crippen LogP contribution in [-0.4, -0.2) is 29.5 Å². The number of nitrogens with zero attached hydrogens (tertiary/aromatic N) is 1. The van der Waals surface area contributed by atoms with Gasteiger partial charge in [0.25, 0.3) is 0 Å². The Bertz CT molecular complexity index is 644. The van der Waals surface area contributed by atoms with Crippen LogP contribution in [0.1, 0.15) is 43.8 Å². The average Bonchev–Trinajstić information content (AvgIpc) is 2.86. The van der Waals surface area contributed by atoms with E-state index in [1.807, 2.05) is 0 Å². The van der Waals surface area contributed by atoms with Gasteiger partial charge in [0.2, 0.25) is 5.91 Å². The number of rotatable bonds is 2. The third-order valence-electron chi connectivity index (χ3n) is 5.11. The summed E-state index contributed by atoms with van der Waals surface area (Å²) in [5.74, 6) is 0.122. The van der Waals surface area contributed by atoms with Gasteiger partial charge < -0.3 is 10.0 Å². The lowest BCUT2D eigenvalue weighted by Gasteiger charge is -2.31. The Morgan fingerprint density at radius 2 is 1.62 bits per heavy atom. The second kappa shape index (κ2) is 5.88. The number of anilines is 1. The molecular weight excluding hydrogens is 323 g/mol. The Morgan fingerprint density at radius 1 is 1.04 bits per heavy atom. The monoisotopic (exact) mass is 341 g/mol. The van der Waals surface area contributed by atoms with Crippen molar-refractivity contribution in [3.8, 4) is 0 Å². The van der Waals surface area contributed by atoms with Crippen molar-refractivity contribution in [2.24, 2.45) is 5.41 Å². The molecule has 1 aliphatic carbocycles. The molecule has 1 aliphatic heterocycles. The van der Waals surface area contributed by atoms with Gasteiger partial charge in [-0.1, -0.05) is 12.1 Å². The first kappa shape index (κ1) is 17.0. The third-order valence-corrected chi connectivity index (χ3v) is 5.11. The molecule has 2 fully saturated rings. The average molecular weight is 341 g/mol. The summed E-state index contributed by atoms with van der Waals surface area (Å²) in [4.78, 5) is 25.7. The van der Waals surface area contributed by atoms with E-state index in [4.69, 9.17) is 0 Å². The predicted octanol–water partition coefficient (Wildman–Crippen LogP) is 3.15. The summed E-state index contributed by atoms with van der Waals surface area (Å²) in [6.07, 6.45) is -4.67. The first-order valence-electron chi connectivity index (χ1n) is 7.91. The van der Waals surface area contributed by atoms with Gasteiger partial charge in [-0.2, -0.15) is 13.2 Å². The molecule has 0 bridgehead atoms. The van der Waals surface area contributed by atoms with Crippen LogP contribution in [-0.2, 0) is 9.59 Å². The van der Waals surface area contributed by atoms with Gasteiger partial charge in [0.15, 0.2) is 6.10 Å². The molecule has 4 nitrogen and oxygen atoms in total. The van der Waals surface area contributed by atoms with Gasteiger partial charge >= 0.3 is 6.18 Å². The molecule has 1 saturated heterocycles. The topological polar surface area (TPSA) is 57.6 Å². The number of carbonyl (C=O) groups excluding carboxylic acids is 2. The van der Waals surface area contributed by atoms with Crippen molar-refractivity contribution in [2.75, 3.05) is 11.4 Å². The van der Waals surface area contributed by atoms with E-state index in [9.17, 15) is 27.9 Å². The van der Waals surface area contributed by atoms with Crippen LogP contribution in [0.25, 0.3) is 0 Å². The van der Waals surface area contributed by atoms with Crippen LogP contribution in [0.3, 0.4) is 0 Å². The van der Waals surface area contributed by atoms with Crippen molar-refractivity contribution in [3.05, 3.63) is 29.8 Å². The molecule has 1 aromatic carbocycles. The standard InChI is InChI=1S/C17H18F3NO3/c18-17(19,20)14(23)11-1-3-12(4-2-11)21-10-9-16(15(21)24)7-5-13(22)6-8-16/h1-4,14,23H,5-10H2/t14-/m1/s1. The molecule has 130 valence electrons. The van der Waals surface area contributed by atoms with E-state index in [0.29, 0.717) is 44.3 Å². The molecule has 1 atom stereocenters. The van der Waals surface area contributed by atoms with E-state index < -0.39 is 17.7 Å². The highest BCUT2D eigenvalue weighted by molar-refractivity contribution is 6.01. The molecular formula is C17H18F3NO3. The van der Waals surface area contributed by atoms with Crippen molar-refractivity contribution in [1.82, 2.24) is 0 Å². The Morgan fingerprint density at radius 3 is 2.17 bits per heavy atom. The van der Waals surface area contributed by atoms with Gasteiger partial charge in [0.1, 0.15) is 5.78 Å². The van der Waals surface area contributed by atoms with Crippen LogP contribution in [0.2, 0.25) is 0 Å². The van der Waals surface area contributed by atoms with Gasteiger partial charge in [-0.15, -0.1) is 0 Å². The van der Waals surface area contributed by atoms with E-state index in [1.54, 1.807) is 4.90 Å². The molecule has 3 rings (SSSR count). The fraction of sp³-hybridized carbons (Fsp3) is 0.529. The lowest BCUT2D eigenvalue weighted by atomic mass is 9.72. The third kappa shape index (κ3) is 2.92. The molecule has 0 radical (unpaired) electrons. The molecule has 7 heteroatoms. The summed E-state index contributed by atoms with van der Waals surface area (Å²) < 4.78 is 37.6. The minimum absolute atomic E-state index is 0.0564. The molecule has 1 spiro atoms. The van der Waals surface area contributed by atoms with E-state index in [0.717, 1.165) is 0 Å². The number of alkyl halides is 3. The molecule has 1 amide bonds. The smallest absolute Gasteiger partial charge is 0.379 e. The van der Waals surface area contributed by atoms with Crippen LogP contribution in [0.5, 0.6) is 0 Å². The fourth-order valence-electron chi connectivity index (χ4n) is 3.56. The van der Waals surface area contributed by atoms with E-state index in [2.05, 4.69) is 0 Å². The molecule has 1 N–H and O–H groups in total. The Kier molecular flexibility index (Phi) is 4.15. The second-order valence-corrected chi connectivity index (χ2v) is 6.56. The van der Waals surface area contributed by atoms with Gasteiger partial charge in [-0.25, -0.2) is 0 Å². The van der Waals surface area contributed by atoms with Gasteiger partial charge in [0.05, 0.1) is 5.41 Å².